The van der Waals surface area contributed by atoms with Crippen LogP contribution in [-0.4, -0.2) is 34.1 Å². The van der Waals surface area contributed by atoms with Gasteiger partial charge in [-0.3, -0.25) is 0 Å². The lowest BCUT2D eigenvalue weighted by Crippen LogP contribution is -2.50. The van der Waals surface area contributed by atoms with Crippen LogP contribution >= 0.6 is 0 Å². The van der Waals surface area contributed by atoms with Crippen molar-refractivity contribution >= 4 is 10.9 Å². The van der Waals surface area contributed by atoms with Crippen molar-refractivity contribution in [3.05, 3.63) is 48.2 Å². The Hall–Kier alpha value is -2.67. The zero-order valence-electron chi connectivity index (χ0n) is 12.0. The van der Waals surface area contributed by atoms with E-state index in [1.54, 1.807) is 18.3 Å². The number of hydrogen-bond acceptors (Lipinski definition) is 4. The second-order valence-electron chi connectivity index (χ2n) is 5.44. The minimum atomic E-state index is -1.27. The maximum absolute atomic E-state index is 13.5. The molecule has 1 aromatic heterocycles. The molecular formula is C16H13F2N3O2. The SMILES string of the molecule is Oc1cc(-n2ncc3cc(OC4CNC4)ccc32)cc(F)c1F. The Morgan fingerprint density at radius 2 is 2.04 bits per heavy atom. The molecule has 0 aliphatic carbocycles. The fraction of sp³-hybridized carbons (Fsp3) is 0.188. The summed E-state index contributed by atoms with van der Waals surface area (Å²) in [5.41, 5.74) is 0.947. The van der Waals surface area contributed by atoms with Crippen LogP contribution in [0.15, 0.2) is 36.5 Å². The van der Waals surface area contributed by atoms with Crippen LogP contribution in [0.25, 0.3) is 16.6 Å². The number of hydrogen-bond donors (Lipinski definition) is 2. The zero-order valence-corrected chi connectivity index (χ0v) is 12.0. The van der Waals surface area contributed by atoms with Crippen molar-refractivity contribution in [1.29, 1.82) is 0 Å². The van der Waals surface area contributed by atoms with Crippen molar-refractivity contribution in [1.82, 2.24) is 15.1 Å². The Morgan fingerprint density at radius 1 is 1.22 bits per heavy atom. The molecule has 0 bridgehead atoms. The average Bonchev–Trinajstić information content (AvgIpc) is 2.91. The van der Waals surface area contributed by atoms with Gasteiger partial charge in [0.1, 0.15) is 11.9 Å². The Kier molecular flexibility index (Phi) is 3.16. The number of nitrogens with zero attached hydrogens (tertiary/aromatic N) is 2. The maximum atomic E-state index is 13.5. The standard InChI is InChI=1S/C16H13F2N3O2/c17-13-4-10(5-15(22)16(13)18)21-14-2-1-11(3-9(14)6-20-21)23-12-7-19-8-12/h1-6,12,19,22H,7-8H2. The lowest BCUT2D eigenvalue weighted by molar-refractivity contribution is 0.142. The molecule has 0 spiro atoms. The number of aromatic hydroxyl groups is 1. The van der Waals surface area contributed by atoms with Crippen molar-refractivity contribution in [3.8, 4) is 17.2 Å². The van der Waals surface area contributed by atoms with Crippen LogP contribution < -0.4 is 10.1 Å². The normalized spacial score (nSPS) is 14.9. The third-order valence-electron chi connectivity index (χ3n) is 3.82. The predicted molar refractivity (Wildman–Crippen MR) is 79.9 cm³/mol. The number of rotatable bonds is 3. The highest BCUT2D eigenvalue weighted by Gasteiger charge is 2.19. The minimum Gasteiger partial charge on any atom is -0.505 e. The van der Waals surface area contributed by atoms with Gasteiger partial charge in [0.2, 0.25) is 0 Å². The molecule has 1 fully saturated rings. The molecule has 0 amide bonds. The number of phenols is 1. The number of aromatic nitrogens is 2. The van der Waals surface area contributed by atoms with E-state index in [1.165, 1.54) is 4.68 Å². The fourth-order valence-electron chi connectivity index (χ4n) is 2.51. The Bertz CT molecular complexity index is 867. The largest absolute Gasteiger partial charge is 0.505 e. The second-order valence-corrected chi connectivity index (χ2v) is 5.44. The van der Waals surface area contributed by atoms with Gasteiger partial charge in [-0.1, -0.05) is 0 Å². The molecule has 7 heteroatoms. The van der Waals surface area contributed by atoms with Crippen LogP contribution in [0.3, 0.4) is 0 Å². The molecule has 0 atom stereocenters. The molecule has 23 heavy (non-hydrogen) atoms. The first-order chi connectivity index (χ1) is 11.1. The van der Waals surface area contributed by atoms with Gasteiger partial charge in [0.05, 0.1) is 17.4 Å². The highest BCUT2D eigenvalue weighted by molar-refractivity contribution is 5.81. The summed E-state index contributed by atoms with van der Waals surface area (Å²) in [5, 5.41) is 17.6. The summed E-state index contributed by atoms with van der Waals surface area (Å²) in [7, 11) is 0. The molecule has 1 aliphatic heterocycles. The average molecular weight is 317 g/mol. The van der Waals surface area contributed by atoms with Gasteiger partial charge >= 0.3 is 0 Å². The first-order valence-electron chi connectivity index (χ1n) is 7.15. The van der Waals surface area contributed by atoms with Crippen molar-refractivity contribution in [2.75, 3.05) is 13.1 Å². The third kappa shape index (κ3) is 2.39. The van der Waals surface area contributed by atoms with Crippen LogP contribution in [0.5, 0.6) is 11.5 Å². The van der Waals surface area contributed by atoms with E-state index in [1.807, 2.05) is 6.07 Å². The number of halogens is 2. The van der Waals surface area contributed by atoms with Gasteiger partial charge in [0.15, 0.2) is 17.4 Å². The van der Waals surface area contributed by atoms with E-state index in [-0.39, 0.29) is 11.8 Å². The second kappa shape index (κ2) is 5.20. The molecule has 4 rings (SSSR count). The number of ether oxygens (including phenoxy) is 1. The monoisotopic (exact) mass is 317 g/mol. The smallest absolute Gasteiger partial charge is 0.200 e. The molecule has 1 aliphatic rings. The predicted octanol–water partition coefficient (Wildman–Crippen LogP) is 2.36. The van der Waals surface area contributed by atoms with E-state index in [4.69, 9.17) is 4.74 Å². The summed E-state index contributed by atoms with van der Waals surface area (Å²) in [6.07, 6.45) is 1.78. The highest BCUT2D eigenvalue weighted by atomic mass is 19.2. The number of nitrogens with one attached hydrogen (secondary N) is 1. The van der Waals surface area contributed by atoms with Crippen LogP contribution in [0.2, 0.25) is 0 Å². The van der Waals surface area contributed by atoms with E-state index < -0.39 is 17.4 Å². The first-order valence-corrected chi connectivity index (χ1v) is 7.15. The van der Waals surface area contributed by atoms with E-state index in [0.717, 1.165) is 36.4 Å². The summed E-state index contributed by atoms with van der Waals surface area (Å²) in [4.78, 5) is 0. The summed E-state index contributed by atoms with van der Waals surface area (Å²) < 4.78 is 33.9. The van der Waals surface area contributed by atoms with Gasteiger partial charge in [0, 0.05) is 30.6 Å². The number of benzene rings is 2. The topological polar surface area (TPSA) is 59.3 Å². The minimum absolute atomic E-state index is 0.172. The van der Waals surface area contributed by atoms with Crippen molar-refractivity contribution in [2.24, 2.45) is 0 Å². The molecule has 1 saturated heterocycles. The third-order valence-corrected chi connectivity index (χ3v) is 3.82. The van der Waals surface area contributed by atoms with Crippen LogP contribution in [0, 0.1) is 11.6 Å². The molecular weight excluding hydrogens is 304 g/mol. The van der Waals surface area contributed by atoms with Gasteiger partial charge in [-0.2, -0.15) is 9.49 Å². The molecule has 0 radical (unpaired) electrons. The van der Waals surface area contributed by atoms with Gasteiger partial charge in [-0.05, 0) is 18.2 Å². The van der Waals surface area contributed by atoms with Crippen molar-refractivity contribution in [2.45, 2.75) is 6.10 Å². The molecule has 2 heterocycles. The van der Waals surface area contributed by atoms with E-state index >= 15 is 0 Å². The molecule has 118 valence electrons. The first kappa shape index (κ1) is 14.0. The molecule has 0 unspecified atom stereocenters. The number of fused-ring (bicyclic) bond motifs is 1. The van der Waals surface area contributed by atoms with E-state index in [0.29, 0.717) is 5.52 Å². The Balaban J connectivity index is 1.73. The summed E-state index contributed by atoms with van der Waals surface area (Å²) in [6, 6.07) is 7.57. The summed E-state index contributed by atoms with van der Waals surface area (Å²) in [5.74, 6) is -2.41. The van der Waals surface area contributed by atoms with E-state index in [9.17, 15) is 13.9 Å². The molecule has 2 aromatic carbocycles. The Labute approximate surface area is 130 Å². The van der Waals surface area contributed by atoms with Gasteiger partial charge in [0.25, 0.3) is 0 Å². The van der Waals surface area contributed by atoms with Crippen molar-refractivity contribution in [3.63, 3.8) is 0 Å². The van der Waals surface area contributed by atoms with Crippen LogP contribution in [0.1, 0.15) is 0 Å². The van der Waals surface area contributed by atoms with Gasteiger partial charge in [-0.15, -0.1) is 0 Å². The molecule has 0 saturated carbocycles. The summed E-state index contributed by atoms with van der Waals surface area (Å²) in [6.45, 7) is 1.65. The van der Waals surface area contributed by atoms with E-state index in [2.05, 4.69) is 10.4 Å². The number of phenolic OH excluding ortho intramolecular Hbond substituents is 1. The molecule has 3 aromatic rings. The zero-order chi connectivity index (χ0) is 16.0. The van der Waals surface area contributed by atoms with Gasteiger partial charge < -0.3 is 15.2 Å². The highest BCUT2D eigenvalue weighted by Crippen LogP contribution is 2.27. The van der Waals surface area contributed by atoms with Crippen molar-refractivity contribution < 1.29 is 18.6 Å². The molecule has 5 nitrogen and oxygen atoms in total. The lowest BCUT2D eigenvalue weighted by Gasteiger charge is -2.27. The Morgan fingerprint density at radius 3 is 2.74 bits per heavy atom. The molecule has 2 N–H and O–H groups in total. The van der Waals surface area contributed by atoms with Gasteiger partial charge in [-0.25, -0.2) is 9.07 Å². The lowest BCUT2D eigenvalue weighted by atomic mass is 10.2. The van der Waals surface area contributed by atoms with Crippen LogP contribution in [0.4, 0.5) is 8.78 Å². The van der Waals surface area contributed by atoms with Crippen LogP contribution in [-0.2, 0) is 0 Å². The quantitative estimate of drug-likeness (QED) is 0.778. The fourth-order valence-corrected chi connectivity index (χ4v) is 2.51. The summed E-state index contributed by atoms with van der Waals surface area (Å²) >= 11 is 0. The maximum Gasteiger partial charge on any atom is 0.200 e.